The normalized spacial score (nSPS) is 11.8. The van der Waals surface area contributed by atoms with Gasteiger partial charge in [0, 0.05) is 4.91 Å². The van der Waals surface area contributed by atoms with Crippen LogP contribution in [0, 0.1) is 13.8 Å². The van der Waals surface area contributed by atoms with Gasteiger partial charge < -0.3 is 9.84 Å². The maximum Gasteiger partial charge on any atom is 0.124 e. The molecule has 0 heterocycles. The molecular formula is C11H15N3O2. The monoisotopic (exact) mass is 221 g/mol. The molecule has 0 saturated carbocycles. The maximum atomic E-state index is 9.12. The van der Waals surface area contributed by atoms with E-state index in [0.29, 0.717) is 0 Å². The van der Waals surface area contributed by atoms with Crippen molar-refractivity contribution >= 4 is 0 Å². The number of aryl methyl sites for hydroxylation is 2. The molecule has 0 saturated heterocycles. The molecule has 0 amide bonds. The average molecular weight is 221 g/mol. The first-order valence-electron chi connectivity index (χ1n) is 4.94. The zero-order valence-corrected chi connectivity index (χ0v) is 9.64. The van der Waals surface area contributed by atoms with E-state index in [1.807, 2.05) is 26.0 Å². The van der Waals surface area contributed by atoms with Crippen LogP contribution in [0.25, 0.3) is 10.4 Å². The first kappa shape index (κ1) is 12.4. The molecule has 5 heteroatoms. The van der Waals surface area contributed by atoms with Gasteiger partial charge in [0.25, 0.3) is 0 Å². The Labute approximate surface area is 94.3 Å². The lowest BCUT2D eigenvalue weighted by atomic mass is 10.0. The standard InChI is InChI=1S/C11H15N3O2/c1-7-4-9(10(6-15)13-14-12)5-8(2)11(7)16-3/h4-5,10,15H,6H2,1-3H3. The molecule has 1 atom stereocenters. The molecule has 1 unspecified atom stereocenters. The molecule has 1 rings (SSSR count). The van der Waals surface area contributed by atoms with E-state index in [9.17, 15) is 0 Å². The van der Waals surface area contributed by atoms with Gasteiger partial charge in [-0.05, 0) is 36.1 Å². The molecular weight excluding hydrogens is 206 g/mol. The summed E-state index contributed by atoms with van der Waals surface area (Å²) in [6.07, 6.45) is 0. The van der Waals surface area contributed by atoms with E-state index in [2.05, 4.69) is 10.0 Å². The number of hydrogen-bond acceptors (Lipinski definition) is 3. The second-order valence-electron chi connectivity index (χ2n) is 3.59. The molecule has 5 nitrogen and oxygen atoms in total. The lowest BCUT2D eigenvalue weighted by molar-refractivity contribution is 0.267. The average Bonchev–Trinajstić information content (AvgIpc) is 2.25. The minimum atomic E-state index is -0.534. The summed E-state index contributed by atoms with van der Waals surface area (Å²) < 4.78 is 5.24. The van der Waals surface area contributed by atoms with Crippen molar-refractivity contribution in [2.24, 2.45) is 5.11 Å². The summed E-state index contributed by atoms with van der Waals surface area (Å²) in [6.45, 7) is 3.63. The van der Waals surface area contributed by atoms with Gasteiger partial charge in [0.1, 0.15) is 5.75 Å². The van der Waals surface area contributed by atoms with Crippen molar-refractivity contribution in [1.29, 1.82) is 0 Å². The van der Waals surface area contributed by atoms with Crippen LogP contribution in [0.2, 0.25) is 0 Å². The number of rotatable bonds is 4. The Balaban J connectivity index is 3.21. The number of hydrogen-bond donors (Lipinski definition) is 1. The van der Waals surface area contributed by atoms with E-state index in [0.717, 1.165) is 22.4 Å². The molecule has 0 aliphatic heterocycles. The maximum absolute atomic E-state index is 9.12. The van der Waals surface area contributed by atoms with Crippen LogP contribution in [0.1, 0.15) is 22.7 Å². The molecule has 0 aromatic heterocycles. The number of nitrogens with zero attached hydrogens (tertiary/aromatic N) is 3. The Morgan fingerprint density at radius 1 is 1.44 bits per heavy atom. The summed E-state index contributed by atoms with van der Waals surface area (Å²) >= 11 is 0. The van der Waals surface area contributed by atoms with Crippen molar-refractivity contribution in [2.45, 2.75) is 19.9 Å². The van der Waals surface area contributed by atoms with Crippen molar-refractivity contribution in [3.63, 3.8) is 0 Å². The number of aliphatic hydroxyl groups excluding tert-OH is 1. The van der Waals surface area contributed by atoms with Gasteiger partial charge in [-0.1, -0.05) is 17.2 Å². The molecule has 0 radical (unpaired) electrons. The van der Waals surface area contributed by atoms with E-state index in [4.69, 9.17) is 15.4 Å². The molecule has 0 spiro atoms. The number of aliphatic hydroxyl groups is 1. The van der Waals surface area contributed by atoms with Gasteiger partial charge in [-0.2, -0.15) is 0 Å². The highest BCUT2D eigenvalue weighted by Crippen LogP contribution is 2.28. The van der Waals surface area contributed by atoms with Gasteiger partial charge in [0.2, 0.25) is 0 Å². The number of azide groups is 1. The lowest BCUT2D eigenvalue weighted by Gasteiger charge is -2.14. The third kappa shape index (κ3) is 2.45. The van der Waals surface area contributed by atoms with Crippen molar-refractivity contribution in [1.82, 2.24) is 0 Å². The van der Waals surface area contributed by atoms with E-state index in [1.54, 1.807) is 7.11 Å². The predicted molar refractivity (Wildman–Crippen MR) is 61.4 cm³/mol. The zero-order valence-electron chi connectivity index (χ0n) is 9.64. The molecule has 1 aromatic rings. The van der Waals surface area contributed by atoms with E-state index in [-0.39, 0.29) is 6.61 Å². The second-order valence-corrected chi connectivity index (χ2v) is 3.59. The summed E-state index contributed by atoms with van der Waals surface area (Å²) in [5.74, 6) is 0.821. The smallest absolute Gasteiger partial charge is 0.124 e. The Bertz CT molecular complexity index is 402. The van der Waals surface area contributed by atoms with Crippen LogP contribution < -0.4 is 4.74 Å². The number of methoxy groups -OCH3 is 1. The zero-order chi connectivity index (χ0) is 12.1. The fourth-order valence-electron chi connectivity index (χ4n) is 1.77. The van der Waals surface area contributed by atoms with Gasteiger partial charge in [-0.3, -0.25) is 0 Å². The topological polar surface area (TPSA) is 78.2 Å². The van der Waals surface area contributed by atoms with Gasteiger partial charge in [0.05, 0.1) is 19.8 Å². The van der Waals surface area contributed by atoms with Crippen molar-refractivity contribution in [3.8, 4) is 5.75 Å². The highest BCUT2D eigenvalue weighted by Gasteiger charge is 2.12. The molecule has 16 heavy (non-hydrogen) atoms. The number of ether oxygens (including phenoxy) is 1. The van der Waals surface area contributed by atoms with Crippen LogP contribution in [0.3, 0.4) is 0 Å². The van der Waals surface area contributed by atoms with E-state index >= 15 is 0 Å². The van der Waals surface area contributed by atoms with E-state index < -0.39 is 6.04 Å². The van der Waals surface area contributed by atoms with Crippen molar-refractivity contribution < 1.29 is 9.84 Å². The Kier molecular flexibility index (Phi) is 4.17. The molecule has 1 aromatic carbocycles. The summed E-state index contributed by atoms with van der Waals surface area (Å²) in [5.41, 5.74) is 11.1. The SMILES string of the molecule is COc1c(C)cc(C(CO)N=[N+]=[N-])cc1C. The molecule has 86 valence electrons. The number of benzene rings is 1. The molecule has 0 bridgehead atoms. The summed E-state index contributed by atoms with van der Waals surface area (Å²) in [7, 11) is 1.62. The molecule has 0 fully saturated rings. The van der Waals surface area contributed by atoms with Crippen molar-refractivity contribution in [3.05, 3.63) is 39.3 Å². The quantitative estimate of drug-likeness (QED) is 0.482. The van der Waals surface area contributed by atoms with Gasteiger partial charge >= 0.3 is 0 Å². The lowest BCUT2D eigenvalue weighted by Crippen LogP contribution is -2.02. The van der Waals surface area contributed by atoms with Gasteiger partial charge in [0.15, 0.2) is 0 Å². The van der Waals surface area contributed by atoms with Gasteiger partial charge in [-0.25, -0.2) is 0 Å². The predicted octanol–water partition coefficient (Wildman–Crippen LogP) is 2.66. The molecule has 0 aliphatic carbocycles. The largest absolute Gasteiger partial charge is 0.496 e. The van der Waals surface area contributed by atoms with Crippen LogP contribution in [0.4, 0.5) is 0 Å². The van der Waals surface area contributed by atoms with E-state index in [1.165, 1.54) is 0 Å². The first-order valence-corrected chi connectivity index (χ1v) is 4.94. The van der Waals surface area contributed by atoms with Crippen LogP contribution in [-0.2, 0) is 0 Å². The summed E-state index contributed by atoms with van der Waals surface area (Å²) in [4.78, 5) is 2.72. The Morgan fingerprint density at radius 2 is 2.00 bits per heavy atom. The summed E-state index contributed by atoms with van der Waals surface area (Å²) in [6, 6.07) is 3.19. The van der Waals surface area contributed by atoms with Crippen LogP contribution in [0.5, 0.6) is 5.75 Å². The fourth-order valence-corrected chi connectivity index (χ4v) is 1.77. The molecule has 1 N–H and O–H groups in total. The highest BCUT2D eigenvalue weighted by molar-refractivity contribution is 5.44. The summed E-state index contributed by atoms with van der Waals surface area (Å²) in [5, 5.41) is 12.7. The third-order valence-corrected chi connectivity index (χ3v) is 2.44. The Morgan fingerprint density at radius 3 is 2.38 bits per heavy atom. The molecule has 0 aliphatic rings. The third-order valence-electron chi connectivity index (χ3n) is 2.44. The fraction of sp³-hybridized carbons (Fsp3) is 0.455. The van der Waals surface area contributed by atoms with Crippen molar-refractivity contribution in [2.75, 3.05) is 13.7 Å². The van der Waals surface area contributed by atoms with Crippen LogP contribution in [0.15, 0.2) is 17.2 Å². The minimum Gasteiger partial charge on any atom is -0.496 e. The minimum absolute atomic E-state index is 0.199. The van der Waals surface area contributed by atoms with Crippen LogP contribution >= 0.6 is 0 Å². The van der Waals surface area contributed by atoms with Crippen LogP contribution in [-0.4, -0.2) is 18.8 Å². The van der Waals surface area contributed by atoms with Gasteiger partial charge in [-0.15, -0.1) is 0 Å². The first-order chi connectivity index (χ1) is 7.63. The highest BCUT2D eigenvalue weighted by atomic mass is 16.5. The second kappa shape index (κ2) is 5.39. The Hall–Kier alpha value is -1.71.